The monoisotopic (exact) mass is 338 g/mol. The second-order valence-corrected chi connectivity index (χ2v) is 5.42. The van der Waals surface area contributed by atoms with Crippen molar-refractivity contribution in [3.8, 4) is 22.8 Å². The first-order valence-electron chi connectivity index (χ1n) is 7.84. The molecule has 0 atom stereocenters. The number of H-pyrrole nitrogens is 1. The number of aromatic amines is 1. The lowest BCUT2D eigenvalue weighted by atomic mass is 10.1. The van der Waals surface area contributed by atoms with Gasteiger partial charge in [-0.25, -0.2) is 4.79 Å². The molecule has 6 nitrogen and oxygen atoms in total. The molecule has 128 valence electrons. The number of nitrogens with one attached hydrogen (secondary N) is 1. The van der Waals surface area contributed by atoms with Crippen LogP contribution in [0.5, 0.6) is 11.5 Å². The van der Waals surface area contributed by atoms with Crippen LogP contribution in [0.4, 0.5) is 0 Å². The lowest BCUT2D eigenvalue weighted by Crippen LogP contribution is -2.09. The molecule has 0 amide bonds. The Bertz CT molecular complexity index is 859. The van der Waals surface area contributed by atoms with Gasteiger partial charge in [-0.2, -0.15) is 5.10 Å². The van der Waals surface area contributed by atoms with Gasteiger partial charge in [-0.1, -0.05) is 30.3 Å². The van der Waals surface area contributed by atoms with E-state index in [4.69, 9.17) is 9.47 Å². The number of hydrogen-bond donors (Lipinski definition) is 2. The summed E-state index contributed by atoms with van der Waals surface area (Å²) >= 11 is 0. The quantitative estimate of drug-likeness (QED) is 0.644. The Morgan fingerprint density at radius 2 is 1.72 bits per heavy atom. The van der Waals surface area contributed by atoms with Gasteiger partial charge in [0.2, 0.25) is 0 Å². The van der Waals surface area contributed by atoms with Crippen molar-refractivity contribution in [2.75, 3.05) is 13.2 Å². The molecule has 0 unspecified atom stereocenters. The number of benzene rings is 2. The molecule has 0 radical (unpaired) electrons. The second kappa shape index (κ2) is 7.53. The van der Waals surface area contributed by atoms with Gasteiger partial charge in [-0.3, -0.25) is 5.10 Å². The summed E-state index contributed by atoms with van der Waals surface area (Å²) in [6.07, 6.45) is 0. The number of rotatable bonds is 7. The van der Waals surface area contributed by atoms with Gasteiger partial charge in [0, 0.05) is 11.3 Å². The second-order valence-electron chi connectivity index (χ2n) is 5.42. The standard InChI is InChI=1S/C19H18N2O4/c1-13-17(19(22)23)18(21-20-13)14-6-5-9-16(12-14)25-11-10-24-15-7-3-2-4-8-15/h2-9,12H,10-11H2,1H3,(H,20,21)(H,22,23). The average molecular weight is 338 g/mol. The number of hydrogen-bond acceptors (Lipinski definition) is 4. The highest BCUT2D eigenvalue weighted by atomic mass is 16.5. The Balaban J connectivity index is 1.65. The Morgan fingerprint density at radius 3 is 2.44 bits per heavy atom. The molecular weight excluding hydrogens is 320 g/mol. The minimum atomic E-state index is -1.01. The third-order valence-electron chi connectivity index (χ3n) is 3.63. The van der Waals surface area contributed by atoms with Crippen molar-refractivity contribution in [1.29, 1.82) is 0 Å². The SMILES string of the molecule is Cc1[nH]nc(-c2cccc(OCCOc3ccccc3)c2)c1C(=O)O. The van der Waals surface area contributed by atoms with Crippen LogP contribution < -0.4 is 9.47 Å². The summed E-state index contributed by atoms with van der Waals surface area (Å²) in [7, 11) is 0. The largest absolute Gasteiger partial charge is 0.490 e. The van der Waals surface area contributed by atoms with E-state index in [0.29, 0.717) is 35.9 Å². The zero-order valence-electron chi connectivity index (χ0n) is 13.7. The lowest BCUT2D eigenvalue weighted by Gasteiger charge is -2.09. The smallest absolute Gasteiger partial charge is 0.339 e. The molecule has 0 fully saturated rings. The van der Waals surface area contributed by atoms with Gasteiger partial charge in [-0.05, 0) is 31.2 Å². The molecular formula is C19H18N2O4. The molecule has 0 aliphatic carbocycles. The predicted octanol–water partition coefficient (Wildman–Crippen LogP) is 3.54. The topological polar surface area (TPSA) is 84.4 Å². The van der Waals surface area contributed by atoms with Crippen LogP contribution in [0.15, 0.2) is 54.6 Å². The molecule has 25 heavy (non-hydrogen) atoms. The molecule has 0 spiro atoms. The summed E-state index contributed by atoms with van der Waals surface area (Å²) in [6.45, 7) is 2.47. The number of aromatic nitrogens is 2. The maximum atomic E-state index is 11.4. The Labute approximate surface area is 145 Å². The summed E-state index contributed by atoms with van der Waals surface area (Å²) in [5, 5.41) is 16.2. The molecule has 3 aromatic rings. The predicted molar refractivity (Wildman–Crippen MR) is 93.2 cm³/mol. The molecule has 0 aliphatic heterocycles. The van der Waals surface area contributed by atoms with E-state index in [-0.39, 0.29) is 5.56 Å². The number of carboxylic acids is 1. The first-order chi connectivity index (χ1) is 12.1. The lowest BCUT2D eigenvalue weighted by molar-refractivity contribution is 0.0697. The fraction of sp³-hybridized carbons (Fsp3) is 0.158. The normalized spacial score (nSPS) is 10.4. The van der Waals surface area contributed by atoms with E-state index in [9.17, 15) is 9.90 Å². The van der Waals surface area contributed by atoms with Crippen molar-refractivity contribution in [3.63, 3.8) is 0 Å². The highest BCUT2D eigenvalue weighted by Crippen LogP contribution is 2.26. The summed E-state index contributed by atoms with van der Waals surface area (Å²) in [4.78, 5) is 11.4. The van der Waals surface area contributed by atoms with E-state index in [1.807, 2.05) is 36.4 Å². The molecule has 0 bridgehead atoms. The van der Waals surface area contributed by atoms with E-state index in [2.05, 4.69) is 10.2 Å². The Morgan fingerprint density at radius 1 is 1.04 bits per heavy atom. The van der Waals surface area contributed by atoms with Gasteiger partial charge in [0.05, 0.1) is 0 Å². The van der Waals surface area contributed by atoms with Gasteiger partial charge in [0.1, 0.15) is 36.0 Å². The highest BCUT2D eigenvalue weighted by Gasteiger charge is 2.18. The highest BCUT2D eigenvalue weighted by molar-refractivity contribution is 5.96. The van der Waals surface area contributed by atoms with Crippen molar-refractivity contribution < 1.29 is 19.4 Å². The maximum Gasteiger partial charge on any atom is 0.339 e. The number of carboxylic acid groups (broad SMARTS) is 1. The fourth-order valence-corrected chi connectivity index (χ4v) is 2.47. The maximum absolute atomic E-state index is 11.4. The van der Waals surface area contributed by atoms with Crippen LogP contribution in [-0.4, -0.2) is 34.5 Å². The Kier molecular flexibility index (Phi) is 4.99. The summed E-state index contributed by atoms with van der Waals surface area (Å²) in [5.41, 5.74) is 1.77. The summed E-state index contributed by atoms with van der Waals surface area (Å²) in [5.74, 6) is 0.410. The summed E-state index contributed by atoms with van der Waals surface area (Å²) in [6, 6.07) is 16.7. The number of aryl methyl sites for hydroxylation is 1. The van der Waals surface area contributed by atoms with E-state index >= 15 is 0 Å². The van der Waals surface area contributed by atoms with E-state index in [0.717, 1.165) is 5.75 Å². The third kappa shape index (κ3) is 3.98. The van der Waals surface area contributed by atoms with Crippen LogP contribution in [0, 0.1) is 6.92 Å². The van der Waals surface area contributed by atoms with Crippen LogP contribution in [-0.2, 0) is 0 Å². The first-order valence-corrected chi connectivity index (χ1v) is 7.84. The molecule has 0 saturated carbocycles. The van der Waals surface area contributed by atoms with E-state index in [1.54, 1.807) is 25.1 Å². The first kappa shape index (κ1) is 16.6. The number of nitrogens with zero attached hydrogens (tertiary/aromatic N) is 1. The molecule has 2 N–H and O–H groups in total. The average Bonchev–Trinajstić information content (AvgIpc) is 3.02. The van der Waals surface area contributed by atoms with Gasteiger partial charge in [0.15, 0.2) is 0 Å². The van der Waals surface area contributed by atoms with Crippen molar-refractivity contribution in [1.82, 2.24) is 10.2 Å². The number of ether oxygens (including phenoxy) is 2. The van der Waals surface area contributed by atoms with Crippen LogP contribution >= 0.6 is 0 Å². The zero-order chi connectivity index (χ0) is 17.6. The van der Waals surface area contributed by atoms with Gasteiger partial charge < -0.3 is 14.6 Å². The van der Waals surface area contributed by atoms with Gasteiger partial charge >= 0.3 is 5.97 Å². The molecule has 1 heterocycles. The van der Waals surface area contributed by atoms with Crippen LogP contribution in [0.25, 0.3) is 11.3 Å². The zero-order valence-corrected chi connectivity index (χ0v) is 13.7. The third-order valence-corrected chi connectivity index (χ3v) is 3.63. The van der Waals surface area contributed by atoms with Crippen molar-refractivity contribution >= 4 is 5.97 Å². The van der Waals surface area contributed by atoms with E-state index < -0.39 is 5.97 Å². The molecule has 1 aromatic heterocycles. The number of carbonyl (C=O) groups is 1. The molecule has 0 aliphatic rings. The van der Waals surface area contributed by atoms with Crippen LogP contribution in [0.1, 0.15) is 16.1 Å². The minimum Gasteiger partial charge on any atom is -0.490 e. The Hall–Kier alpha value is -3.28. The minimum absolute atomic E-state index is 0.171. The number of para-hydroxylation sites is 1. The molecule has 6 heteroatoms. The van der Waals surface area contributed by atoms with Gasteiger partial charge in [0.25, 0.3) is 0 Å². The molecule has 2 aromatic carbocycles. The van der Waals surface area contributed by atoms with Crippen molar-refractivity contribution in [2.45, 2.75) is 6.92 Å². The fourth-order valence-electron chi connectivity index (χ4n) is 2.47. The van der Waals surface area contributed by atoms with Crippen LogP contribution in [0.3, 0.4) is 0 Å². The van der Waals surface area contributed by atoms with Gasteiger partial charge in [-0.15, -0.1) is 0 Å². The van der Waals surface area contributed by atoms with Crippen molar-refractivity contribution in [3.05, 3.63) is 65.9 Å². The van der Waals surface area contributed by atoms with E-state index in [1.165, 1.54) is 0 Å². The summed E-state index contributed by atoms with van der Waals surface area (Å²) < 4.78 is 11.3. The van der Waals surface area contributed by atoms with Crippen LogP contribution in [0.2, 0.25) is 0 Å². The van der Waals surface area contributed by atoms with Crippen molar-refractivity contribution in [2.24, 2.45) is 0 Å². The number of aromatic carboxylic acids is 1. The molecule has 0 saturated heterocycles. The molecule has 3 rings (SSSR count).